The van der Waals surface area contributed by atoms with E-state index < -0.39 is 11.5 Å². The van der Waals surface area contributed by atoms with Gasteiger partial charge in [0, 0.05) is 11.5 Å². The van der Waals surface area contributed by atoms with Crippen molar-refractivity contribution in [3.05, 3.63) is 28.2 Å². The SMILES string of the molecule is CN(c1cccc(Br)c1C#N)C1(CC(=O)O)CCCCC1. The predicted octanol–water partition coefficient (Wildman–Crippen LogP) is 3.93. The van der Waals surface area contributed by atoms with E-state index in [2.05, 4.69) is 22.0 Å². The fourth-order valence-corrected chi connectivity index (χ4v) is 3.73. The summed E-state index contributed by atoms with van der Waals surface area (Å²) in [5, 5.41) is 18.7. The molecule has 112 valence electrons. The van der Waals surface area contributed by atoms with Gasteiger partial charge >= 0.3 is 5.97 Å². The molecule has 0 spiro atoms. The van der Waals surface area contributed by atoms with E-state index in [4.69, 9.17) is 0 Å². The van der Waals surface area contributed by atoms with E-state index in [1.807, 2.05) is 30.1 Å². The number of nitriles is 1. The lowest BCUT2D eigenvalue weighted by atomic mass is 9.77. The molecule has 0 atom stereocenters. The van der Waals surface area contributed by atoms with Crippen molar-refractivity contribution in [3.63, 3.8) is 0 Å². The normalized spacial score (nSPS) is 17.0. The molecule has 0 heterocycles. The van der Waals surface area contributed by atoms with E-state index in [1.54, 1.807) is 0 Å². The third kappa shape index (κ3) is 3.21. The van der Waals surface area contributed by atoms with Crippen LogP contribution >= 0.6 is 15.9 Å². The van der Waals surface area contributed by atoms with Gasteiger partial charge in [-0.2, -0.15) is 5.26 Å². The predicted molar refractivity (Wildman–Crippen MR) is 85.3 cm³/mol. The summed E-state index contributed by atoms with van der Waals surface area (Å²) >= 11 is 3.40. The Balaban J connectivity index is 2.43. The van der Waals surface area contributed by atoms with Crippen molar-refractivity contribution in [2.75, 3.05) is 11.9 Å². The van der Waals surface area contributed by atoms with Crippen LogP contribution in [-0.4, -0.2) is 23.7 Å². The molecule has 0 radical (unpaired) electrons. The van der Waals surface area contributed by atoms with Crippen molar-refractivity contribution >= 4 is 27.6 Å². The summed E-state index contributed by atoms with van der Waals surface area (Å²) in [4.78, 5) is 13.3. The molecule has 0 saturated heterocycles. The monoisotopic (exact) mass is 350 g/mol. The number of aliphatic carboxylic acids is 1. The molecule has 0 aromatic heterocycles. The minimum atomic E-state index is -0.780. The van der Waals surface area contributed by atoms with Crippen LogP contribution in [0.2, 0.25) is 0 Å². The summed E-state index contributed by atoms with van der Waals surface area (Å²) in [5.41, 5.74) is 0.974. The van der Waals surface area contributed by atoms with E-state index in [0.717, 1.165) is 42.3 Å². The molecule has 4 nitrogen and oxygen atoms in total. The fraction of sp³-hybridized carbons (Fsp3) is 0.500. The summed E-state index contributed by atoms with van der Waals surface area (Å²) in [6, 6.07) is 7.83. The molecule has 1 aliphatic rings. The zero-order valence-corrected chi connectivity index (χ0v) is 13.7. The number of hydrogen-bond donors (Lipinski definition) is 1. The molecule has 5 heteroatoms. The van der Waals surface area contributed by atoms with Gasteiger partial charge in [0.2, 0.25) is 0 Å². The second-order valence-corrected chi connectivity index (χ2v) is 6.51. The Labute approximate surface area is 133 Å². The van der Waals surface area contributed by atoms with Crippen LogP contribution in [0.3, 0.4) is 0 Å². The molecule has 21 heavy (non-hydrogen) atoms. The molecule has 1 aromatic rings. The van der Waals surface area contributed by atoms with Crippen molar-refractivity contribution in [1.29, 1.82) is 5.26 Å². The van der Waals surface area contributed by atoms with Crippen LogP contribution in [0.1, 0.15) is 44.1 Å². The van der Waals surface area contributed by atoms with Gasteiger partial charge in [0.15, 0.2) is 0 Å². The summed E-state index contributed by atoms with van der Waals surface area (Å²) in [7, 11) is 1.91. The van der Waals surface area contributed by atoms with Crippen LogP contribution in [0.25, 0.3) is 0 Å². The highest BCUT2D eigenvalue weighted by molar-refractivity contribution is 9.10. The molecule has 0 bridgehead atoms. The second kappa shape index (κ2) is 6.48. The van der Waals surface area contributed by atoms with Crippen LogP contribution in [0.15, 0.2) is 22.7 Å². The highest BCUT2D eigenvalue weighted by atomic mass is 79.9. The molecular weight excluding hydrogens is 332 g/mol. The van der Waals surface area contributed by atoms with E-state index in [0.29, 0.717) is 5.56 Å². The van der Waals surface area contributed by atoms with Crippen LogP contribution in [0.4, 0.5) is 5.69 Å². The Morgan fingerprint density at radius 3 is 2.67 bits per heavy atom. The van der Waals surface area contributed by atoms with E-state index in [9.17, 15) is 15.2 Å². The first-order valence-electron chi connectivity index (χ1n) is 7.14. The molecule has 1 aliphatic carbocycles. The fourth-order valence-electron chi connectivity index (χ4n) is 3.28. The lowest BCUT2D eigenvalue weighted by Crippen LogP contribution is -2.50. The van der Waals surface area contributed by atoms with Crippen LogP contribution in [0, 0.1) is 11.3 Å². The summed E-state index contributed by atoms with van der Waals surface area (Å²) in [6.07, 6.45) is 5.04. The molecular formula is C16H19BrN2O2. The molecule has 1 fully saturated rings. The highest BCUT2D eigenvalue weighted by Crippen LogP contribution is 2.40. The Morgan fingerprint density at radius 2 is 2.10 bits per heavy atom. The summed E-state index contributed by atoms with van der Waals surface area (Å²) < 4.78 is 0.746. The molecule has 1 N–H and O–H groups in total. The lowest BCUT2D eigenvalue weighted by molar-refractivity contribution is -0.138. The number of carboxylic acids is 1. The van der Waals surface area contributed by atoms with Gasteiger partial charge in [-0.3, -0.25) is 4.79 Å². The van der Waals surface area contributed by atoms with Gasteiger partial charge in [0.05, 0.1) is 23.2 Å². The molecule has 0 amide bonds. The van der Waals surface area contributed by atoms with Crippen LogP contribution in [0.5, 0.6) is 0 Å². The van der Waals surface area contributed by atoms with Gasteiger partial charge in [0.1, 0.15) is 6.07 Å². The smallest absolute Gasteiger partial charge is 0.305 e. The quantitative estimate of drug-likeness (QED) is 0.893. The van der Waals surface area contributed by atoms with Crippen molar-refractivity contribution < 1.29 is 9.90 Å². The maximum absolute atomic E-state index is 11.3. The lowest BCUT2D eigenvalue weighted by Gasteiger charge is -2.45. The molecule has 2 rings (SSSR count). The number of anilines is 1. The maximum atomic E-state index is 11.3. The molecule has 0 aliphatic heterocycles. The number of rotatable bonds is 4. The average molecular weight is 351 g/mol. The first-order valence-corrected chi connectivity index (χ1v) is 7.94. The third-order valence-electron chi connectivity index (χ3n) is 4.44. The van der Waals surface area contributed by atoms with Crippen molar-refractivity contribution in [2.24, 2.45) is 0 Å². The van der Waals surface area contributed by atoms with E-state index >= 15 is 0 Å². The zero-order valence-electron chi connectivity index (χ0n) is 12.1. The van der Waals surface area contributed by atoms with Gasteiger partial charge in [-0.1, -0.05) is 25.3 Å². The first kappa shape index (κ1) is 15.8. The Morgan fingerprint density at radius 1 is 1.43 bits per heavy atom. The van der Waals surface area contributed by atoms with E-state index in [1.165, 1.54) is 0 Å². The number of carbonyl (C=O) groups is 1. The third-order valence-corrected chi connectivity index (χ3v) is 5.10. The Bertz CT molecular complexity index is 574. The first-order chi connectivity index (χ1) is 10.00. The number of carboxylic acid groups (broad SMARTS) is 1. The van der Waals surface area contributed by atoms with Crippen molar-refractivity contribution in [1.82, 2.24) is 0 Å². The van der Waals surface area contributed by atoms with Crippen LogP contribution in [-0.2, 0) is 4.79 Å². The van der Waals surface area contributed by atoms with Gasteiger partial charge in [-0.15, -0.1) is 0 Å². The van der Waals surface area contributed by atoms with Crippen molar-refractivity contribution in [2.45, 2.75) is 44.1 Å². The Hall–Kier alpha value is -1.54. The standard InChI is InChI=1S/C16H19BrN2O2/c1-19(14-7-5-6-13(17)12(14)11-18)16(10-15(20)21)8-3-2-4-9-16/h5-7H,2-4,8-10H2,1H3,(H,20,21). The van der Waals surface area contributed by atoms with Gasteiger partial charge in [0.25, 0.3) is 0 Å². The van der Waals surface area contributed by atoms with Gasteiger partial charge in [-0.25, -0.2) is 0 Å². The van der Waals surface area contributed by atoms with Crippen molar-refractivity contribution in [3.8, 4) is 6.07 Å². The second-order valence-electron chi connectivity index (χ2n) is 5.66. The molecule has 1 saturated carbocycles. The minimum absolute atomic E-state index is 0.112. The summed E-state index contributed by atoms with van der Waals surface area (Å²) in [5.74, 6) is -0.780. The Kier molecular flexibility index (Phi) is 4.89. The highest BCUT2D eigenvalue weighted by Gasteiger charge is 2.39. The average Bonchev–Trinajstić information content (AvgIpc) is 2.46. The largest absolute Gasteiger partial charge is 0.481 e. The van der Waals surface area contributed by atoms with Crippen LogP contribution < -0.4 is 4.90 Å². The van der Waals surface area contributed by atoms with Gasteiger partial charge in [-0.05, 0) is 40.9 Å². The molecule has 0 unspecified atom stereocenters. The minimum Gasteiger partial charge on any atom is -0.481 e. The maximum Gasteiger partial charge on any atom is 0.305 e. The van der Waals surface area contributed by atoms with E-state index in [-0.39, 0.29) is 6.42 Å². The number of benzene rings is 1. The number of nitrogens with zero attached hydrogens (tertiary/aromatic N) is 2. The topological polar surface area (TPSA) is 64.3 Å². The molecule has 1 aromatic carbocycles. The van der Waals surface area contributed by atoms with Gasteiger partial charge < -0.3 is 10.0 Å². The summed E-state index contributed by atoms with van der Waals surface area (Å²) in [6.45, 7) is 0. The number of hydrogen-bond acceptors (Lipinski definition) is 3. The zero-order chi connectivity index (χ0) is 15.5. The number of halogens is 1.